The summed E-state index contributed by atoms with van der Waals surface area (Å²) in [6.07, 6.45) is 7.26. The van der Waals surface area contributed by atoms with Gasteiger partial charge in [0, 0.05) is 17.5 Å². The maximum absolute atomic E-state index is 11.2. The van der Waals surface area contributed by atoms with E-state index in [1.165, 1.54) is 31.7 Å². The number of nitrogens with zero attached hydrogens (tertiary/aromatic N) is 2. The van der Waals surface area contributed by atoms with Gasteiger partial charge in [0.05, 0.1) is 0 Å². The molecule has 0 saturated carbocycles. The quantitative estimate of drug-likeness (QED) is 0.430. The number of hydrogen-bond donors (Lipinski definition) is 2. The lowest BCUT2D eigenvalue weighted by molar-refractivity contribution is 0.643. The predicted octanol–water partition coefficient (Wildman–Crippen LogP) is 3.23. The van der Waals surface area contributed by atoms with Crippen LogP contribution in [0.25, 0.3) is 0 Å². The van der Waals surface area contributed by atoms with Crippen molar-refractivity contribution in [1.29, 1.82) is 0 Å². The maximum atomic E-state index is 11.2. The van der Waals surface area contributed by atoms with E-state index in [2.05, 4.69) is 27.4 Å². The van der Waals surface area contributed by atoms with Gasteiger partial charge in [-0.2, -0.15) is 5.10 Å². The Kier molecular flexibility index (Phi) is 6.85. The van der Waals surface area contributed by atoms with Crippen LogP contribution in [-0.4, -0.2) is 15.7 Å². The average Bonchev–Trinajstić information content (AvgIpc) is 2.35. The highest BCUT2D eigenvalue weighted by atomic mass is 16.1. The van der Waals surface area contributed by atoms with Crippen LogP contribution < -0.4 is 11.0 Å². The molecule has 19 heavy (non-hydrogen) atoms. The first-order valence-electron chi connectivity index (χ1n) is 6.99. The molecule has 1 rings (SSSR count). The number of H-pyrrole nitrogens is 1. The molecule has 1 aromatic heterocycles. The second-order valence-corrected chi connectivity index (χ2v) is 4.86. The topological polar surface area (TPSA) is 70.1 Å². The first-order chi connectivity index (χ1) is 9.11. The zero-order valence-electron chi connectivity index (χ0n) is 12.1. The second-order valence-electron chi connectivity index (χ2n) is 4.86. The molecule has 0 unspecified atom stereocenters. The Morgan fingerprint density at radius 1 is 1.37 bits per heavy atom. The smallest absolute Gasteiger partial charge is 0.252 e. The summed E-state index contributed by atoms with van der Waals surface area (Å²) >= 11 is 0. The molecule has 5 nitrogen and oxygen atoms in total. The Hall–Kier alpha value is -1.65. The van der Waals surface area contributed by atoms with Gasteiger partial charge in [-0.25, -0.2) is 10.4 Å². The number of hydrogen-bond acceptors (Lipinski definition) is 4. The Morgan fingerprint density at radius 2 is 2.11 bits per heavy atom. The number of aromatic amines is 1. The van der Waals surface area contributed by atoms with E-state index < -0.39 is 0 Å². The van der Waals surface area contributed by atoms with Crippen molar-refractivity contribution in [2.75, 3.05) is 5.43 Å². The van der Waals surface area contributed by atoms with Gasteiger partial charge in [0.25, 0.3) is 5.56 Å². The number of anilines is 1. The van der Waals surface area contributed by atoms with Crippen LogP contribution in [0, 0.1) is 6.92 Å². The van der Waals surface area contributed by atoms with E-state index in [4.69, 9.17) is 0 Å². The Labute approximate surface area is 114 Å². The minimum absolute atomic E-state index is 0.164. The molecule has 0 aromatic carbocycles. The van der Waals surface area contributed by atoms with Crippen LogP contribution in [0.2, 0.25) is 0 Å². The number of nitrogens with one attached hydrogen (secondary N) is 2. The van der Waals surface area contributed by atoms with Crippen LogP contribution in [-0.2, 0) is 0 Å². The lowest BCUT2D eigenvalue weighted by Gasteiger charge is -2.03. The van der Waals surface area contributed by atoms with Gasteiger partial charge in [0.15, 0.2) is 0 Å². The molecule has 0 aliphatic carbocycles. The van der Waals surface area contributed by atoms with Gasteiger partial charge >= 0.3 is 0 Å². The van der Waals surface area contributed by atoms with Crippen molar-refractivity contribution < 1.29 is 0 Å². The molecule has 0 spiro atoms. The van der Waals surface area contributed by atoms with Crippen LogP contribution in [0.15, 0.2) is 16.0 Å². The first kappa shape index (κ1) is 15.4. The van der Waals surface area contributed by atoms with Gasteiger partial charge in [0.2, 0.25) is 5.95 Å². The summed E-state index contributed by atoms with van der Waals surface area (Å²) < 4.78 is 0. The summed E-state index contributed by atoms with van der Waals surface area (Å²) in [4.78, 5) is 18.0. The third-order valence-corrected chi connectivity index (χ3v) is 2.86. The van der Waals surface area contributed by atoms with Crippen LogP contribution in [0.5, 0.6) is 0 Å². The van der Waals surface area contributed by atoms with E-state index in [1.807, 2.05) is 6.92 Å². The number of hydrazone groups is 1. The van der Waals surface area contributed by atoms with Crippen molar-refractivity contribution >= 4 is 11.7 Å². The zero-order chi connectivity index (χ0) is 14.1. The molecule has 0 aliphatic rings. The fraction of sp³-hybridized carbons (Fsp3) is 0.643. The molecule has 106 valence electrons. The molecule has 2 N–H and O–H groups in total. The fourth-order valence-electron chi connectivity index (χ4n) is 1.82. The summed E-state index contributed by atoms with van der Waals surface area (Å²) in [7, 11) is 0. The third kappa shape index (κ3) is 6.74. The van der Waals surface area contributed by atoms with Crippen molar-refractivity contribution in [3.8, 4) is 0 Å². The first-order valence-corrected chi connectivity index (χ1v) is 6.99. The normalized spacial score (nSPS) is 11.6. The average molecular weight is 264 g/mol. The number of unbranched alkanes of at least 4 members (excludes halogenated alkanes) is 4. The number of aromatic nitrogens is 2. The Bertz CT molecular complexity index is 465. The monoisotopic (exact) mass is 264 g/mol. The van der Waals surface area contributed by atoms with E-state index in [1.54, 1.807) is 6.92 Å². The molecule has 0 aliphatic heterocycles. The molecule has 0 atom stereocenters. The molecule has 0 radical (unpaired) electrons. The highest BCUT2D eigenvalue weighted by Crippen LogP contribution is 2.06. The van der Waals surface area contributed by atoms with Crippen molar-refractivity contribution in [2.45, 2.75) is 59.3 Å². The SMILES string of the molecule is CCCCCCCC(C)=NNc1nc(C)cc(=O)[nH]1. The summed E-state index contributed by atoms with van der Waals surface area (Å²) in [5.41, 5.74) is 4.34. The van der Waals surface area contributed by atoms with Gasteiger partial charge in [0.1, 0.15) is 0 Å². The van der Waals surface area contributed by atoms with Crippen LogP contribution in [0.4, 0.5) is 5.95 Å². The van der Waals surface area contributed by atoms with Crippen LogP contribution in [0.3, 0.4) is 0 Å². The largest absolute Gasteiger partial charge is 0.291 e. The highest BCUT2D eigenvalue weighted by Gasteiger charge is 1.97. The molecule has 5 heteroatoms. The van der Waals surface area contributed by atoms with Crippen molar-refractivity contribution in [2.24, 2.45) is 5.10 Å². The summed E-state index contributed by atoms with van der Waals surface area (Å²) in [5, 5.41) is 4.23. The molecule has 0 saturated heterocycles. The highest BCUT2D eigenvalue weighted by molar-refractivity contribution is 5.82. The summed E-state index contributed by atoms with van der Waals surface area (Å²) in [6, 6.07) is 1.45. The number of aryl methyl sites for hydroxylation is 1. The minimum atomic E-state index is -0.164. The van der Waals surface area contributed by atoms with Gasteiger partial charge < -0.3 is 0 Å². The Morgan fingerprint density at radius 3 is 2.79 bits per heavy atom. The van der Waals surface area contributed by atoms with Gasteiger partial charge in [-0.05, 0) is 26.7 Å². The second kappa shape index (κ2) is 8.45. The van der Waals surface area contributed by atoms with E-state index >= 15 is 0 Å². The predicted molar refractivity (Wildman–Crippen MR) is 79.7 cm³/mol. The summed E-state index contributed by atoms with van der Waals surface area (Å²) in [5.74, 6) is 0.398. The van der Waals surface area contributed by atoms with Crippen LogP contribution >= 0.6 is 0 Å². The van der Waals surface area contributed by atoms with Crippen LogP contribution in [0.1, 0.15) is 58.1 Å². The van der Waals surface area contributed by atoms with E-state index in [9.17, 15) is 4.79 Å². The minimum Gasteiger partial charge on any atom is -0.291 e. The standard InChI is InChI=1S/C14H24N4O/c1-4-5-6-7-8-9-11(2)17-18-14-15-12(3)10-13(19)16-14/h10H,4-9H2,1-3H3,(H2,15,16,18,19). The fourth-order valence-corrected chi connectivity index (χ4v) is 1.82. The van der Waals surface area contributed by atoms with Gasteiger partial charge in [-0.3, -0.25) is 9.78 Å². The molecular formula is C14H24N4O. The molecular weight excluding hydrogens is 240 g/mol. The zero-order valence-corrected chi connectivity index (χ0v) is 12.1. The maximum Gasteiger partial charge on any atom is 0.252 e. The molecule has 0 bridgehead atoms. The number of rotatable bonds is 8. The van der Waals surface area contributed by atoms with Gasteiger partial charge in [-0.15, -0.1) is 0 Å². The van der Waals surface area contributed by atoms with Crippen molar-refractivity contribution in [3.05, 3.63) is 22.1 Å². The van der Waals surface area contributed by atoms with Gasteiger partial charge in [-0.1, -0.05) is 32.6 Å². The lowest BCUT2D eigenvalue weighted by atomic mass is 10.1. The summed E-state index contributed by atoms with van der Waals surface area (Å²) in [6.45, 7) is 5.98. The Balaban J connectivity index is 2.36. The third-order valence-electron chi connectivity index (χ3n) is 2.86. The van der Waals surface area contributed by atoms with E-state index in [0.717, 1.165) is 18.6 Å². The molecule has 1 heterocycles. The van der Waals surface area contributed by atoms with E-state index in [-0.39, 0.29) is 5.56 Å². The van der Waals surface area contributed by atoms with Crippen molar-refractivity contribution in [1.82, 2.24) is 9.97 Å². The molecule has 1 aromatic rings. The van der Waals surface area contributed by atoms with E-state index in [0.29, 0.717) is 11.6 Å². The molecule has 0 amide bonds. The lowest BCUT2D eigenvalue weighted by Crippen LogP contribution is -2.11. The molecule has 0 fully saturated rings. The van der Waals surface area contributed by atoms with Crippen molar-refractivity contribution in [3.63, 3.8) is 0 Å².